The van der Waals surface area contributed by atoms with Crippen LogP contribution in [0.1, 0.15) is 23.4 Å². The summed E-state index contributed by atoms with van der Waals surface area (Å²) in [6.45, 7) is 2.14. The van der Waals surface area contributed by atoms with Gasteiger partial charge in [-0.2, -0.15) is 0 Å². The molecule has 0 saturated carbocycles. The van der Waals surface area contributed by atoms with E-state index in [9.17, 15) is 18.4 Å². The summed E-state index contributed by atoms with van der Waals surface area (Å²) < 4.78 is 26.0. The van der Waals surface area contributed by atoms with E-state index in [1.807, 2.05) is 19.1 Å². The summed E-state index contributed by atoms with van der Waals surface area (Å²) in [5.41, 5.74) is 1.70. The number of hydrogen-bond donors (Lipinski definition) is 1. The van der Waals surface area contributed by atoms with Crippen LogP contribution < -0.4 is 10.2 Å². The van der Waals surface area contributed by atoms with Crippen LogP contribution in [0.25, 0.3) is 0 Å². The molecule has 2 heterocycles. The molecule has 1 unspecified atom stereocenters. The fraction of sp³-hybridized carbons (Fsp3) is 0.333. The van der Waals surface area contributed by atoms with E-state index in [-0.39, 0.29) is 24.0 Å². The third kappa shape index (κ3) is 3.84. The Morgan fingerprint density at radius 3 is 2.84 bits per heavy atom. The number of hydrogen-bond acceptors (Lipinski definition) is 5. The van der Waals surface area contributed by atoms with Gasteiger partial charge in [0.2, 0.25) is 16.9 Å². The minimum Gasteiger partial charge on any atom is -0.312 e. The van der Waals surface area contributed by atoms with Crippen molar-refractivity contribution in [2.24, 2.45) is 5.92 Å². The molecular formula is C15H13BrF2N4O2S. The zero-order chi connectivity index (χ0) is 18.1. The number of halogens is 3. The van der Waals surface area contributed by atoms with Crippen LogP contribution in [0.4, 0.5) is 19.6 Å². The molecule has 0 spiro atoms. The van der Waals surface area contributed by atoms with Crippen molar-refractivity contribution in [2.45, 2.75) is 19.8 Å². The molecule has 1 aromatic carbocycles. The highest BCUT2D eigenvalue weighted by atomic mass is 79.9. The number of carbonyl (C=O) groups excluding carboxylic acids is 2. The average molecular weight is 431 g/mol. The molecule has 1 aliphatic rings. The number of amides is 2. The van der Waals surface area contributed by atoms with Gasteiger partial charge in [-0.15, -0.1) is 10.2 Å². The average Bonchev–Trinajstić information content (AvgIpc) is 3.17. The molecule has 2 aromatic rings. The molecule has 1 atom stereocenters. The van der Waals surface area contributed by atoms with Crippen LogP contribution in [0.3, 0.4) is 0 Å². The van der Waals surface area contributed by atoms with Gasteiger partial charge in [-0.05, 0) is 30.7 Å². The number of nitrogens with zero attached hydrogens (tertiary/aromatic N) is 3. The fourth-order valence-corrected chi connectivity index (χ4v) is 3.36. The number of benzene rings is 1. The number of aryl methyl sites for hydroxylation is 1. The van der Waals surface area contributed by atoms with Crippen molar-refractivity contribution in [1.82, 2.24) is 10.2 Å². The molecule has 3 rings (SSSR count). The molecule has 1 N–H and O–H groups in total. The van der Waals surface area contributed by atoms with Gasteiger partial charge in [0.25, 0.3) is 6.43 Å². The molecule has 0 aliphatic carbocycles. The van der Waals surface area contributed by atoms with E-state index in [1.54, 1.807) is 11.0 Å². The van der Waals surface area contributed by atoms with Crippen molar-refractivity contribution in [3.8, 4) is 0 Å². The lowest BCUT2D eigenvalue weighted by Crippen LogP contribution is -2.28. The maximum Gasteiger partial charge on any atom is 0.291 e. The summed E-state index contributed by atoms with van der Waals surface area (Å²) in [6.07, 6.45) is -2.67. The SMILES string of the molecule is Cc1cc(N2CC(C(=O)Nc3nnc(C(F)F)s3)CC2=O)ccc1Br. The molecule has 1 saturated heterocycles. The van der Waals surface area contributed by atoms with E-state index < -0.39 is 23.3 Å². The van der Waals surface area contributed by atoms with Gasteiger partial charge in [-0.1, -0.05) is 27.3 Å². The van der Waals surface area contributed by atoms with Gasteiger partial charge >= 0.3 is 0 Å². The Kier molecular flexibility index (Phi) is 5.09. The zero-order valence-corrected chi connectivity index (χ0v) is 15.4. The Morgan fingerprint density at radius 2 is 2.20 bits per heavy atom. The van der Waals surface area contributed by atoms with Gasteiger partial charge in [-0.25, -0.2) is 8.78 Å². The lowest BCUT2D eigenvalue weighted by molar-refractivity contribution is -0.122. The Hall–Kier alpha value is -1.94. The Balaban J connectivity index is 1.68. The molecule has 1 aromatic heterocycles. The smallest absolute Gasteiger partial charge is 0.291 e. The summed E-state index contributed by atoms with van der Waals surface area (Å²) in [7, 11) is 0. The maximum atomic E-state index is 12.5. The summed E-state index contributed by atoms with van der Waals surface area (Å²) in [4.78, 5) is 26.1. The van der Waals surface area contributed by atoms with Crippen LogP contribution in [0.2, 0.25) is 0 Å². The lowest BCUT2D eigenvalue weighted by atomic mass is 10.1. The quantitative estimate of drug-likeness (QED) is 0.804. The standard InChI is InChI=1S/C15H13BrF2N4O2S/c1-7-4-9(2-3-10(7)16)22-6-8(5-11(22)23)13(24)19-15-21-20-14(25-15)12(17)18/h2-4,8,12H,5-6H2,1H3,(H,19,21,24). The third-order valence-electron chi connectivity index (χ3n) is 3.81. The first-order valence-electron chi connectivity index (χ1n) is 7.34. The highest BCUT2D eigenvalue weighted by Crippen LogP contribution is 2.30. The van der Waals surface area contributed by atoms with Crippen LogP contribution in [0, 0.1) is 12.8 Å². The van der Waals surface area contributed by atoms with Crippen molar-refractivity contribution in [3.63, 3.8) is 0 Å². The normalized spacial score (nSPS) is 17.4. The van der Waals surface area contributed by atoms with Gasteiger partial charge in [0.05, 0.1) is 5.92 Å². The third-order valence-corrected chi connectivity index (χ3v) is 5.54. The molecular weight excluding hydrogens is 418 g/mol. The molecule has 0 bridgehead atoms. The monoisotopic (exact) mass is 430 g/mol. The fourth-order valence-electron chi connectivity index (χ4n) is 2.51. The number of carbonyl (C=O) groups is 2. The highest BCUT2D eigenvalue weighted by Gasteiger charge is 2.35. The van der Waals surface area contributed by atoms with Crippen LogP contribution >= 0.6 is 27.3 Å². The maximum absolute atomic E-state index is 12.5. The summed E-state index contributed by atoms with van der Waals surface area (Å²) >= 11 is 4.03. The van der Waals surface area contributed by atoms with Gasteiger partial charge in [0, 0.05) is 23.1 Å². The van der Waals surface area contributed by atoms with E-state index in [1.165, 1.54) is 0 Å². The second kappa shape index (κ2) is 7.12. The number of anilines is 2. The van der Waals surface area contributed by atoms with E-state index in [0.717, 1.165) is 15.7 Å². The Bertz CT molecular complexity index is 830. The zero-order valence-electron chi connectivity index (χ0n) is 13.0. The number of alkyl halides is 2. The molecule has 1 fully saturated rings. The molecule has 132 valence electrons. The Labute approximate surface area is 154 Å². The lowest BCUT2D eigenvalue weighted by Gasteiger charge is -2.17. The second-order valence-electron chi connectivity index (χ2n) is 5.57. The molecule has 6 nitrogen and oxygen atoms in total. The topological polar surface area (TPSA) is 75.2 Å². The summed E-state index contributed by atoms with van der Waals surface area (Å²) in [6, 6.07) is 5.51. The van der Waals surface area contributed by atoms with Crippen LogP contribution in [0.15, 0.2) is 22.7 Å². The minimum atomic E-state index is -2.73. The minimum absolute atomic E-state index is 0.00526. The summed E-state index contributed by atoms with van der Waals surface area (Å²) in [5, 5.41) is 8.84. The molecule has 0 radical (unpaired) electrons. The summed E-state index contributed by atoms with van der Waals surface area (Å²) in [5.74, 6) is -1.16. The first kappa shape index (κ1) is 17.9. The van der Waals surface area contributed by atoms with Gasteiger partial charge in [0.15, 0.2) is 5.01 Å². The predicted octanol–water partition coefficient (Wildman–Crippen LogP) is 3.54. The van der Waals surface area contributed by atoms with E-state index >= 15 is 0 Å². The van der Waals surface area contributed by atoms with Crippen molar-refractivity contribution in [2.75, 3.05) is 16.8 Å². The van der Waals surface area contributed by atoms with Gasteiger partial charge in [-0.3, -0.25) is 9.59 Å². The second-order valence-corrected chi connectivity index (χ2v) is 7.44. The van der Waals surface area contributed by atoms with Gasteiger partial charge < -0.3 is 10.2 Å². The highest BCUT2D eigenvalue weighted by molar-refractivity contribution is 9.10. The van der Waals surface area contributed by atoms with E-state index in [4.69, 9.17) is 0 Å². The molecule has 25 heavy (non-hydrogen) atoms. The van der Waals surface area contributed by atoms with Crippen LogP contribution in [-0.4, -0.2) is 28.6 Å². The van der Waals surface area contributed by atoms with Crippen molar-refractivity contribution in [1.29, 1.82) is 0 Å². The largest absolute Gasteiger partial charge is 0.312 e. The molecule has 1 aliphatic heterocycles. The Morgan fingerprint density at radius 1 is 1.44 bits per heavy atom. The number of nitrogens with one attached hydrogen (secondary N) is 1. The number of rotatable bonds is 4. The predicted molar refractivity (Wildman–Crippen MR) is 92.8 cm³/mol. The molecule has 10 heteroatoms. The number of aromatic nitrogens is 2. The van der Waals surface area contributed by atoms with Crippen molar-refractivity contribution >= 4 is 49.9 Å². The first-order chi connectivity index (χ1) is 11.8. The van der Waals surface area contributed by atoms with Crippen LogP contribution in [0.5, 0.6) is 0 Å². The van der Waals surface area contributed by atoms with E-state index in [2.05, 4.69) is 31.4 Å². The van der Waals surface area contributed by atoms with Crippen molar-refractivity contribution in [3.05, 3.63) is 33.2 Å². The van der Waals surface area contributed by atoms with Crippen LogP contribution in [-0.2, 0) is 9.59 Å². The first-order valence-corrected chi connectivity index (χ1v) is 8.95. The van der Waals surface area contributed by atoms with Gasteiger partial charge in [0.1, 0.15) is 0 Å². The van der Waals surface area contributed by atoms with Crippen molar-refractivity contribution < 1.29 is 18.4 Å². The van der Waals surface area contributed by atoms with E-state index in [0.29, 0.717) is 11.3 Å². The molecule has 2 amide bonds.